The van der Waals surface area contributed by atoms with Gasteiger partial charge in [0, 0.05) is 29.4 Å². The number of carboxylic acid groups (broad SMARTS) is 1. The summed E-state index contributed by atoms with van der Waals surface area (Å²) < 4.78 is 11.5. The number of furan rings is 1. The van der Waals surface area contributed by atoms with Crippen molar-refractivity contribution >= 4 is 39.5 Å². The number of benzene rings is 2. The van der Waals surface area contributed by atoms with Crippen molar-refractivity contribution in [1.29, 1.82) is 0 Å². The van der Waals surface area contributed by atoms with Crippen LogP contribution in [0.15, 0.2) is 52.9 Å². The molecule has 0 radical (unpaired) electrons. The van der Waals surface area contributed by atoms with Crippen LogP contribution in [-0.2, 0) is 6.54 Å². The van der Waals surface area contributed by atoms with Crippen molar-refractivity contribution in [3.05, 3.63) is 71.1 Å². The van der Waals surface area contributed by atoms with Crippen molar-refractivity contribution < 1.29 is 19.1 Å². The van der Waals surface area contributed by atoms with Gasteiger partial charge >= 0.3 is 5.97 Å². The molecular weight excluding hydrogens is 392 g/mol. The fourth-order valence-corrected chi connectivity index (χ4v) is 4.31. The molecular formula is C25H22N2O4. The summed E-state index contributed by atoms with van der Waals surface area (Å²) in [5.41, 5.74) is 4.12. The van der Waals surface area contributed by atoms with E-state index >= 15 is 0 Å². The molecule has 2 aromatic carbocycles. The lowest BCUT2D eigenvalue weighted by molar-refractivity contribution is 0.0696. The van der Waals surface area contributed by atoms with Gasteiger partial charge in [0.15, 0.2) is 11.3 Å². The van der Waals surface area contributed by atoms with Crippen molar-refractivity contribution in [3.8, 4) is 5.75 Å². The van der Waals surface area contributed by atoms with Crippen molar-refractivity contribution in [2.75, 3.05) is 20.2 Å². The molecule has 156 valence electrons. The molecule has 0 fully saturated rings. The highest BCUT2D eigenvalue weighted by Gasteiger charge is 2.28. The smallest absolute Gasteiger partial charge is 0.336 e. The lowest BCUT2D eigenvalue weighted by Gasteiger charge is -2.30. The van der Waals surface area contributed by atoms with Gasteiger partial charge in [0.05, 0.1) is 23.9 Å². The normalized spacial score (nSPS) is 15.5. The Morgan fingerprint density at radius 2 is 2.06 bits per heavy atom. The maximum Gasteiger partial charge on any atom is 0.336 e. The Labute approximate surface area is 179 Å². The molecule has 1 N–H and O–H groups in total. The van der Waals surface area contributed by atoms with Crippen LogP contribution in [0.3, 0.4) is 0 Å². The number of rotatable bonds is 4. The van der Waals surface area contributed by atoms with Crippen LogP contribution in [0.4, 0.5) is 0 Å². The molecule has 0 aliphatic carbocycles. The van der Waals surface area contributed by atoms with Crippen LogP contribution in [0.25, 0.3) is 33.5 Å². The molecule has 4 aromatic rings. The number of likely N-dealkylation sites (N-methyl/N-ethyl adjacent to an activating group) is 1. The van der Waals surface area contributed by atoms with Gasteiger partial charge in [-0.05, 0) is 36.4 Å². The van der Waals surface area contributed by atoms with Crippen molar-refractivity contribution in [1.82, 2.24) is 9.88 Å². The molecule has 6 nitrogen and oxygen atoms in total. The van der Waals surface area contributed by atoms with Crippen LogP contribution in [0.1, 0.15) is 34.3 Å². The van der Waals surface area contributed by atoms with E-state index in [1.165, 1.54) is 0 Å². The second-order valence-electron chi connectivity index (χ2n) is 7.64. The molecule has 0 amide bonds. The van der Waals surface area contributed by atoms with Gasteiger partial charge in [-0.2, -0.15) is 0 Å². The van der Waals surface area contributed by atoms with E-state index in [2.05, 4.69) is 11.8 Å². The van der Waals surface area contributed by atoms with E-state index in [0.29, 0.717) is 46.6 Å². The summed E-state index contributed by atoms with van der Waals surface area (Å²) in [6.45, 7) is 4.10. The molecule has 1 aliphatic heterocycles. The van der Waals surface area contributed by atoms with Gasteiger partial charge in [-0.15, -0.1) is 0 Å². The number of nitrogens with zero attached hydrogens (tertiary/aromatic N) is 2. The molecule has 0 saturated heterocycles. The van der Waals surface area contributed by atoms with E-state index < -0.39 is 5.97 Å². The Morgan fingerprint density at radius 1 is 1.23 bits per heavy atom. The number of fused-ring (bicyclic) bond motifs is 3. The minimum absolute atomic E-state index is 0.330. The van der Waals surface area contributed by atoms with E-state index in [-0.39, 0.29) is 0 Å². The van der Waals surface area contributed by atoms with E-state index in [0.717, 1.165) is 28.8 Å². The summed E-state index contributed by atoms with van der Waals surface area (Å²) in [5.74, 6) is 0.435. The number of carboxylic acids is 1. The Kier molecular flexibility index (Phi) is 4.71. The number of carbonyl (C=O) groups is 1. The first-order valence-electron chi connectivity index (χ1n) is 10.2. The topological polar surface area (TPSA) is 75.8 Å². The van der Waals surface area contributed by atoms with Gasteiger partial charge in [0.1, 0.15) is 5.76 Å². The fraction of sp³-hybridized carbons (Fsp3) is 0.200. The van der Waals surface area contributed by atoms with Gasteiger partial charge in [-0.25, -0.2) is 9.78 Å². The number of methoxy groups -OCH3 is 1. The third-order valence-electron chi connectivity index (χ3n) is 5.80. The third-order valence-corrected chi connectivity index (χ3v) is 5.80. The number of pyridine rings is 1. The third kappa shape index (κ3) is 3.25. The van der Waals surface area contributed by atoms with Crippen LogP contribution in [0, 0.1) is 0 Å². The van der Waals surface area contributed by atoms with Gasteiger partial charge in [0.2, 0.25) is 0 Å². The molecule has 6 heteroatoms. The van der Waals surface area contributed by atoms with E-state index in [1.54, 1.807) is 7.11 Å². The van der Waals surface area contributed by atoms with Crippen molar-refractivity contribution in [2.24, 2.45) is 0 Å². The zero-order valence-corrected chi connectivity index (χ0v) is 17.4. The molecule has 0 atom stereocenters. The molecule has 0 unspecified atom stereocenters. The minimum atomic E-state index is -0.930. The molecule has 5 rings (SSSR count). The van der Waals surface area contributed by atoms with Gasteiger partial charge < -0.3 is 14.3 Å². The highest BCUT2D eigenvalue weighted by Crippen LogP contribution is 2.35. The first kappa shape index (κ1) is 19.3. The molecule has 0 bridgehead atoms. The minimum Gasteiger partial charge on any atom is -0.493 e. The van der Waals surface area contributed by atoms with Gasteiger partial charge in [-0.3, -0.25) is 4.90 Å². The second kappa shape index (κ2) is 7.56. The molecule has 2 aromatic heterocycles. The summed E-state index contributed by atoms with van der Waals surface area (Å²) in [4.78, 5) is 19.3. The first-order chi connectivity index (χ1) is 15.1. The van der Waals surface area contributed by atoms with Crippen LogP contribution >= 0.6 is 0 Å². The maximum atomic E-state index is 12.2. The van der Waals surface area contributed by atoms with Gasteiger partial charge in [0.25, 0.3) is 0 Å². The zero-order chi connectivity index (χ0) is 21.5. The monoisotopic (exact) mass is 414 g/mol. The number of aromatic nitrogens is 1. The fourth-order valence-electron chi connectivity index (χ4n) is 4.31. The zero-order valence-electron chi connectivity index (χ0n) is 17.4. The molecule has 0 spiro atoms. The van der Waals surface area contributed by atoms with Crippen LogP contribution in [0.5, 0.6) is 5.75 Å². The quantitative estimate of drug-likeness (QED) is 0.503. The van der Waals surface area contributed by atoms with Crippen LogP contribution in [0.2, 0.25) is 0 Å². The van der Waals surface area contributed by atoms with Gasteiger partial charge in [-0.1, -0.05) is 37.3 Å². The van der Waals surface area contributed by atoms with Crippen LogP contribution in [-0.4, -0.2) is 41.2 Å². The Morgan fingerprint density at radius 3 is 2.84 bits per heavy atom. The average Bonchev–Trinajstić information content (AvgIpc) is 3.19. The number of aromatic carboxylic acids is 1. The van der Waals surface area contributed by atoms with Crippen molar-refractivity contribution in [3.63, 3.8) is 0 Å². The molecule has 0 saturated carbocycles. The molecule has 31 heavy (non-hydrogen) atoms. The number of para-hydroxylation sites is 2. The summed E-state index contributed by atoms with van der Waals surface area (Å²) in [7, 11) is 1.62. The number of ether oxygens (including phenoxy) is 1. The highest BCUT2D eigenvalue weighted by molar-refractivity contribution is 6.06. The Balaban J connectivity index is 1.74. The summed E-state index contributed by atoms with van der Waals surface area (Å²) in [6, 6.07) is 15.1. The first-order valence-corrected chi connectivity index (χ1v) is 10.2. The summed E-state index contributed by atoms with van der Waals surface area (Å²) in [5, 5.41) is 11.6. The molecule has 3 heterocycles. The summed E-state index contributed by atoms with van der Waals surface area (Å²) in [6.07, 6.45) is 1.97. The lowest BCUT2D eigenvalue weighted by atomic mass is 9.92. The SMILES string of the molecule is CCN1C/C(=C\c2cc3cccc(OC)c3o2)c2nc3ccccc3c(C(=O)O)c2C1. The number of hydrogen-bond acceptors (Lipinski definition) is 5. The highest BCUT2D eigenvalue weighted by atomic mass is 16.5. The predicted octanol–water partition coefficient (Wildman–Crippen LogP) is 5.06. The van der Waals surface area contributed by atoms with E-state index in [4.69, 9.17) is 14.1 Å². The summed E-state index contributed by atoms with van der Waals surface area (Å²) >= 11 is 0. The Hall–Kier alpha value is -3.64. The van der Waals surface area contributed by atoms with E-state index in [9.17, 15) is 9.90 Å². The second-order valence-corrected chi connectivity index (χ2v) is 7.64. The lowest BCUT2D eigenvalue weighted by Crippen LogP contribution is -2.31. The number of hydrogen-bond donors (Lipinski definition) is 1. The largest absolute Gasteiger partial charge is 0.493 e. The standard InChI is InChI=1S/C25H22N2O4/c1-3-27-13-16(12-17-11-15-7-6-10-21(30-2)24(15)31-17)23-19(14-27)22(25(28)29)18-8-4-5-9-20(18)26-23/h4-12H,3,13-14H2,1-2H3,(H,28,29)/b16-12+. The maximum absolute atomic E-state index is 12.2. The predicted molar refractivity (Wildman–Crippen MR) is 120 cm³/mol. The van der Waals surface area contributed by atoms with Crippen molar-refractivity contribution in [2.45, 2.75) is 13.5 Å². The van der Waals surface area contributed by atoms with E-state index in [1.807, 2.05) is 54.6 Å². The molecule has 1 aliphatic rings. The van der Waals surface area contributed by atoms with Crippen LogP contribution < -0.4 is 4.74 Å². The Bertz CT molecular complexity index is 1350. The average molecular weight is 414 g/mol.